The van der Waals surface area contributed by atoms with Gasteiger partial charge in [0.1, 0.15) is 0 Å². The Morgan fingerprint density at radius 1 is 1.17 bits per heavy atom. The Labute approximate surface area is 72.0 Å². The van der Waals surface area contributed by atoms with Gasteiger partial charge in [-0.3, -0.25) is 9.69 Å². The summed E-state index contributed by atoms with van der Waals surface area (Å²) < 4.78 is 0. The molecule has 0 unspecified atom stereocenters. The first-order chi connectivity index (χ1) is 5.85. The van der Waals surface area contributed by atoms with Crippen molar-refractivity contribution in [1.82, 2.24) is 10.2 Å². The number of hydrogen-bond acceptors (Lipinski definition) is 4. The molecule has 3 N–H and O–H groups in total. The Hall–Kier alpha value is -0.650. The number of rotatable bonds is 8. The van der Waals surface area contributed by atoms with Gasteiger partial charge in [0.15, 0.2) is 0 Å². The summed E-state index contributed by atoms with van der Waals surface area (Å²) in [6, 6.07) is 0. The molecule has 0 aliphatic rings. The molecule has 12 heavy (non-hydrogen) atoms. The molecular weight excluding hydrogens is 160 g/mol. The van der Waals surface area contributed by atoms with Crippen molar-refractivity contribution >= 4 is 6.41 Å². The number of aliphatic hydroxyl groups excluding tert-OH is 2. The van der Waals surface area contributed by atoms with Crippen LogP contribution in [-0.4, -0.2) is 60.9 Å². The molecule has 0 spiro atoms. The maximum Gasteiger partial charge on any atom is 0.309 e. The summed E-state index contributed by atoms with van der Waals surface area (Å²) in [4.78, 5) is 11.6. The highest BCUT2D eigenvalue weighted by atomic mass is 16.3. The minimum atomic E-state index is 0.0603. The molecule has 0 aliphatic heterocycles. The van der Waals surface area contributed by atoms with E-state index in [1.165, 1.54) is 0 Å². The van der Waals surface area contributed by atoms with Crippen LogP contribution in [0.4, 0.5) is 0 Å². The van der Waals surface area contributed by atoms with Crippen molar-refractivity contribution in [2.75, 3.05) is 39.4 Å². The van der Waals surface area contributed by atoms with Crippen molar-refractivity contribution in [2.24, 2.45) is 0 Å². The molecule has 71 valence electrons. The number of aliphatic hydroxyl groups is 2. The molecule has 0 fully saturated rings. The van der Waals surface area contributed by atoms with E-state index in [1.54, 1.807) is 6.41 Å². The van der Waals surface area contributed by atoms with Gasteiger partial charge in [-0.2, -0.15) is 0 Å². The highest BCUT2D eigenvalue weighted by Crippen LogP contribution is 1.84. The minimum absolute atomic E-state index is 0.0603. The molecule has 0 rings (SSSR count). The molecule has 5 heteroatoms. The van der Waals surface area contributed by atoms with E-state index in [-0.39, 0.29) is 13.2 Å². The Kier molecular flexibility index (Phi) is 7.99. The van der Waals surface area contributed by atoms with Gasteiger partial charge in [0.25, 0.3) is 0 Å². The molecule has 1 amide bonds. The molecule has 0 heterocycles. The van der Waals surface area contributed by atoms with Gasteiger partial charge in [0.05, 0.1) is 13.2 Å². The lowest BCUT2D eigenvalue weighted by molar-refractivity contribution is 0.163. The van der Waals surface area contributed by atoms with E-state index in [2.05, 4.69) is 5.32 Å². The van der Waals surface area contributed by atoms with E-state index in [4.69, 9.17) is 10.2 Å². The van der Waals surface area contributed by atoms with Crippen LogP contribution in [0.2, 0.25) is 0 Å². The number of amides is 1. The lowest BCUT2D eigenvalue weighted by Gasteiger charge is -2.19. The molecule has 0 aliphatic carbocycles. The molecule has 1 radical (unpaired) electrons. The Balaban J connectivity index is 3.40. The topological polar surface area (TPSA) is 72.8 Å². The maximum absolute atomic E-state index is 9.75. The van der Waals surface area contributed by atoms with Gasteiger partial charge in [0.2, 0.25) is 0 Å². The van der Waals surface area contributed by atoms with Gasteiger partial charge in [-0.15, -0.1) is 0 Å². The van der Waals surface area contributed by atoms with Gasteiger partial charge < -0.3 is 15.5 Å². The summed E-state index contributed by atoms with van der Waals surface area (Å²) in [6.45, 7) is 2.26. The van der Waals surface area contributed by atoms with Crippen molar-refractivity contribution in [2.45, 2.75) is 0 Å². The maximum atomic E-state index is 9.75. The second-order valence-electron chi connectivity index (χ2n) is 2.32. The van der Waals surface area contributed by atoms with Crippen LogP contribution in [0, 0.1) is 0 Å². The van der Waals surface area contributed by atoms with Crippen molar-refractivity contribution in [1.29, 1.82) is 0 Å². The first-order valence-electron chi connectivity index (χ1n) is 3.89. The van der Waals surface area contributed by atoms with Crippen LogP contribution in [0.5, 0.6) is 0 Å². The minimum Gasteiger partial charge on any atom is -0.395 e. The Morgan fingerprint density at radius 2 is 1.75 bits per heavy atom. The van der Waals surface area contributed by atoms with E-state index in [9.17, 15) is 4.79 Å². The summed E-state index contributed by atoms with van der Waals surface area (Å²) in [6.07, 6.45) is 1.56. The second kappa shape index (κ2) is 8.45. The quantitative estimate of drug-likeness (QED) is 0.293. The zero-order chi connectivity index (χ0) is 9.23. The predicted octanol–water partition coefficient (Wildman–Crippen LogP) is -2.07. The fraction of sp³-hybridized carbons (Fsp3) is 0.857. The summed E-state index contributed by atoms with van der Waals surface area (Å²) in [5.41, 5.74) is 0. The van der Waals surface area contributed by atoms with Crippen molar-refractivity contribution in [3.05, 3.63) is 0 Å². The van der Waals surface area contributed by atoms with Crippen molar-refractivity contribution < 1.29 is 15.0 Å². The van der Waals surface area contributed by atoms with Gasteiger partial charge in [-0.25, -0.2) is 0 Å². The Bertz CT molecular complexity index is 105. The molecule has 0 saturated carbocycles. The number of nitrogens with one attached hydrogen (secondary N) is 1. The van der Waals surface area contributed by atoms with E-state index in [0.717, 1.165) is 0 Å². The van der Waals surface area contributed by atoms with Crippen LogP contribution in [0.1, 0.15) is 0 Å². The van der Waals surface area contributed by atoms with Gasteiger partial charge in [-0.05, 0) is 0 Å². The average molecular weight is 175 g/mol. The summed E-state index contributed by atoms with van der Waals surface area (Å²) in [5, 5.41) is 19.6. The molecule has 0 aromatic heterocycles. The van der Waals surface area contributed by atoms with E-state index in [1.807, 2.05) is 4.90 Å². The van der Waals surface area contributed by atoms with Crippen LogP contribution >= 0.6 is 0 Å². The van der Waals surface area contributed by atoms with E-state index in [0.29, 0.717) is 26.2 Å². The average Bonchev–Trinajstić information content (AvgIpc) is 2.06. The lowest BCUT2D eigenvalue weighted by atomic mass is 10.4. The molecular formula is C7H15N2O3. The highest BCUT2D eigenvalue weighted by molar-refractivity contribution is 5.46. The molecule has 5 nitrogen and oxygen atoms in total. The number of hydrogen-bond donors (Lipinski definition) is 3. The van der Waals surface area contributed by atoms with E-state index < -0.39 is 0 Å². The third-order valence-electron chi connectivity index (χ3n) is 1.46. The Morgan fingerprint density at radius 3 is 2.17 bits per heavy atom. The second-order valence-corrected chi connectivity index (χ2v) is 2.32. The molecule has 0 atom stereocenters. The fourth-order valence-corrected chi connectivity index (χ4v) is 0.883. The van der Waals surface area contributed by atoms with Crippen LogP contribution < -0.4 is 5.32 Å². The van der Waals surface area contributed by atoms with Crippen LogP contribution in [0.25, 0.3) is 0 Å². The third-order valence-corrected chi connectivity index (χ3v) is 1.46. The lowest BCUT2D eigenvalue weighted by Crippen LogP contribution is -2.35. The van der Waals surface area contributed by atoms with Crippen molar-refractivity contribution in [3.8, 4) is 0 Å². The zero-order valence-electron chi connectivity index (χ0n) is 6.99. The standard InChI is InChI=1S/C7H15N2O3/c10-5-3-9(4-6-11)2-1-8-7-12/h10-11H,1-6H2,(H,8,12). The zero-order valence-corrected chi connectivity index (χ0v) is 6.99. The summed E-state index contributed by atoms with van der Waals surface area (Å²) in [7, 11) is 0. The highest BCUT2D eigenvalue weighted by Gasteiger charge is 2.01. The molecule has 0 aromatic carbocycles. The fourth-order valence-electron chi connectivity index (χ4n) is 0.883. The number of carbonyl (C=O) groups excluding carboxylic acids is 1. The smallest absolute Gasteiger partial charge is 0.309 e. The monoisotopic (exact) mass is 175 g/mol. The van der Waals surface area contributed by atoms with Crippen LogP contribution in [0.15, 0.2) is 0 Å². The van der Waals surface area contributed by atoms with Gasteiger partial charge in [0, 0.05) is 26.2 Å². The third kappa shape index (κ3) is 6.09. The van der Waals surface area contributed by atoms with E-state index >= 15 is 0 Å². The predicted molar refractivity (Wildman–Crippen MR) is 44.3 cm³/mol. The molecule has 0 saturated heterocycles. The van der Waals surface area contributed by atoms with Gasteiger partial charge in [-0.1, -0.05) is 0 Å². The summed E-state index contributed by atoms with van der Waals surface area (Å²) in [5.74, 6) is 0. The van der Waals surface area contributed by atoms with Crippen LogP contribution in [0.3, 0.4) is 0 Å². The first-order valence-corrected chi connectivity index (χ1v) is 3.89. The molecule has 0 bridgehead atoms. The SMILES string of the molecule is O=[C]NCCN(CCO)CCO. The van der Waals surface area contributed by atoms with Crippen LogP contribution in [-0.2, 0) is 4.79 Å². The normalized spacial score (nSPS) is 10.2. The first kappa shape index (κ1) is 11.4. The molecule has 0 aromatic rings. The van der Waals surface area contributed by atoms with Gasteiger partial charge >= 0.3 is 6.41 Å². The summed E-state index contributed by atoms with van der Waals surface area (Å²) >= 11 is 0. The number of nitrogens with zero attached hydrogens (tertiary/aromatic N) is 1. The van der Waals surface area contributed by atoms with Crippen molar-refractivity contribution in [3.63, 3.8) is 0 Å². The largest absolute Gasteiger partial charge is 0.395 e.